The summed E-state index contributed by atoms with van der Waals surface area (Å²) in [6, 6.07) is 0. The van der Waals surface area contributed by atoms with Gasteiger partial charge in [-0.25, -0.2) is 0 Å². The van der Waals surface area contributed by atoms with Crippen LogP contribution in [0.3, 0.4) is 0 Å². The third kappa shape index (κ3) is 2.55. The predicted octanol–water partition coefficient (Wildman–Crippen LogP) is 3.75. The molecule has 1 heteroatoms. The van der Waals surface area contributed by atoms with Crippen LogP contribution in [0, 0.1) is 17.8 Å². The maximum atomic E-state index is 10.8. The fraction of sp³-hybridized carbons (Fsp3) is 1.00. The summed E-state index contributed by atoms with van der Waals surface area (Å²) in [4.78, 5) is 0. The highest BCUT2D eigenvalue weighted by molar-refractivity contribution is 4.92. The summed E-state index contributed by atoms with van der Waals surface area (Å²) < 4.78 is 0. The van der Waals surface area contributed by atoms with Gasteiger partial charge in [0.05, 0.1) is 5.60 Å². The molecule has 2 saturated carbocycles. The fourth-order valence-electron chi connectivity index (χ4n) is 3.71. The number of hydrogen-bond acceptors (Lipinski definition) is 1. The maximum Gasteiger partial charge on any atom is 0.0678 e. The molecular formula is C14H26O. The molecule has 2 aliphatic carbocycles. The van der Waals surface area contributed by atoms with Crippen molar-refractivity contribution in [1.82, 2.24) is 0 Å². The summed E-state index contributed by atoms with van der Waals surface area (Å²) >= 11 is 0. The van der Waals surface area contributed by atoms with Gasteiger partial charge in [0.25, 0.3) is 0 Å². The Bertz CT molecular complexity index is 207. The van der Waals surface area contributed by atoms with Crippen molar-refractivity contribution in [3.8, 4) is 0 Å². The summed E-state index contributed by atoms with van der Waals surface area (Å²) in [5.74, 6) is 2.07. The second kappa shape index (κ2) is 4.45. The second-order valence-corrected chi connectivity index (χ2v) is 6.25. The van der Waals surface area contributed by atoms with Crippen molar-refractivity contribution < 1.29 is 5.11 Å². The molecule has 0 amide bonds. The molecule has 1 N–H and O–H groups in total. The molecular weight excluding hydrogens is 184 g/mol. The molecule has 0 aliphatic heterocycles. The molecule has 0 aromatic heterocycles. The molecule has 2 rings (SSSR count). The highest BCUT2D eigenvalue weighted by Crippen LogP contribution is 2.43. The van der Waals surface area contributed by atoms with E-state index in [9.17, 15) is 5.11 Å². The molecule has 2 aliphatic rings. The van der Waals surface area contributed by atoms with Crippen molar-refractivity contribution in [2.24, 2.45) is 17.8 Å². The SMILES string of the molecule is CC1CCC(C)C(O)(CC2CCCC2)C1. The van der Waals surface area contributed by atoms with E-state index in [1.165, 1.54) is 38.5 Å². The van der Waals surface area contributed by atoms with Crippen LogP contribution in [0.15, 0.2) is 0 Å². The lowest BCUT2D eigenvalue weighted by atomic mass is 9.68. The quantitative estimate of drug-likeness (QED) is 0.736. The third-order valence-corrected chi connectivity index (χ3v) is 4.83. The van der Waals surface area contributed by atoms with E-state index in [1.54, 1.807) is 0 Å². The molecule has 0 radical (unpaired) electrons. The van der Waals surface area contributed by atoms with Gasteiger partial charge in [0.1, 0.15) is 0 Å². The first kappa shape index (κ1) is 11.4. The average Bonchev–Trinajstić information content (AvgIpc) is 2.64. The van der Waals surface area contributed by atoms with Gasteiger partial charge in [-0.05, 0) is 37.0 Å². The monoisotopic (exact) mass is 210 g/mol. The molecule has 0 bridgehead atoms. The second-order valence-electron chi connectivity index (χ2n) is 6.25. The normalized spacial score (nSPS) is 43.4. The first-order valence-electron chi connectivity index (χ1n) is 6.82. The minimum Gasteiger partial charge on any atom is -0.390 e. The first-order chi connectivity index (χ1) is 7.10. The standard InChI is InChI=1S/C14H26O/c1-11-7-8-12(2)14(15,9-11)10-13-5-3-4-6-13/h11-13,15H,3-10H2,1-2H3. The number of aliphatic hydroxyl groups is 1. The highest BCUT2D eigenvalue weighted by atomic mass is 16.3. The zero-order valence-corrected chi connectivity index (χ0v) is 10.3. The van der Waals surface area contributed by atoms with Gasteiger partial charge in [-0.15, -0.1) is 0 Å². The minimum absolute atomic E-state index is 0.327. The van der Waals surface area contributed by atoms with Gasteiger partial charge in [-0.2, -0.15) is 0 Å². The van der Waals surface area contributed by atoms with Gasteiger partial charge >= 0.3 is 0 Å². The Morgan fingerprint density at radius 2 is 1.73 bits per heavy atom. The lowest BCUT2D eigenvalue weighted by Gasteiger charge is -2.42. The molecule has 15 heavy (non-hydrogen) atoms. The Balaban J connectivity index is 1.96. The van der Waals surface area contributed by atoms with Crippen LogP contribution in [0.1, 0.15) is 65.2 Å². The highest BCUT2D eigenvalue weighted by Gasteiger charge is 2.40. The van der Waals surface area contributed by atoms with E-state index in [0.29, 0.717) is 5.92 Å². The summed E-state index contributed by atoms with van der Waals surface area (Å²) in [5.41, 5.74) is -0.327. The topological polar surface area (TPSA) is 20.2 Å². The number of hydrogen-bond donors (Lipinski definition) is 1. The minimum atomic E-state index is -0.327. The molecule has 1 nitrogen and oxygen atoms in total. The van der Waals surface area contributed by atoms with Gasteiger partial charge in [-0.3, -0.25) is 0 Å². The molecule has 0 saturated heterocycles. The van der Waals surface area contributed by atoms with Crippen LogP contribution in [0.5, 0.6) is 0 Å². The molecule has 0 heterocycles. The van der Waals surface area contributed by atoms with Crippen LogP contribution in [0.2, 0.25) is 0 Å². The van der Waals surface area contributed by atoms with E-state index >= 15 is 0 Å². The first-order valence-corrected chi connectivity index (χ1v) is 6.82. The van der Waals surface area contributed by atoms with Crippen molar-refractivity contribution in [3.05, 3.63) is 0 Å². The molecule has 88 valence electrons. The molecule has 3 unspecified atom stereocenters. The van der Waals surface area contributed by atoms with Gasteiger partial charge in [-0.1, -0.05) is 46.0 Å². The van der Waals surface area contributed by atoms with Crippen LogP contribution < -0.4 is 0 Å². The Labute approximate surface area is 94.3 Å². The average molecular weight is 210 g/mol. The Morgan fingerprint density at radius 1 is 1.07 bits per heavy atom. The molecule has 0 aromatic rings. The van der Waals surface area contributed by atoms with Crippen molar-refractivity contribution >= 4 is 0 Å². The van der Waals surface area contributed by atoms with Crippen LogP contribution in [0.25, 0.3) is 0 Å². The van der Waals surface area contributed by atoms with Gasteiger partial charge in [0, 0.05) is 0 Å². The van der Waals surface area contributed by atoms with Crippen LogP contribution in [0.4, 0.5) is 0 Å². The summed E-state index contributed by atoms with van der Waals surface area (Å²) in [7, 11) is 0. The zero-order valence-electron chi connectivity index (χ0n) is 10.3. The Morgan fingerprint density at radius 3 is 2.40 bits per heavy atom. The summed E-state index contributed by atoms with van der Waals surface area (Å²) in [6.45, 7) is 4.55. The Hall–Kier alpha value is -0.0400. The van der Waals surface area contributed by atoms with Gasteiger partial charge in [0.2, 0.25) is 0 Å². The molecule has 3 atom stereocenters. The predicted molar refractivity (Wildman–Crippen MR) is 63.7 cm³/mol. The van der Waals surface area contributed by atoms with Crippen molar-refractivity contribution in [2.75, 3.05) is 0 Å². The van der Waals surface area contributed by atoms with Crippen molar-refractivity contribution in [1.29, 1.82) is 0 Å². The van der Waals surface area contributed by atoms with E-state index in [0.717, 1.165) is 24.7 Å². The molecule has 2 fully saturated rings. The van der Waals surface area contributed by atoms with Crippen molar-refractivity contribution in [2.45, 2.75) is 70.8 Å². The van der Waals surface area contributed by atoms with Gasteiger partial charge in [0.15, 0.2) is 0 Å². The van der Waals surface area contributed by atoms with Crippen LogP contribution >= 0.6 is 0 Å². The third-order valence-electron chi connectivity index (χ3n) is 4.83. The van der Waals surface area contributed by atoms with Crippen LogP contribution in [-0.4, -0.2) is 10.7 Å². The number of rotatable bonds is 2. The maximum absolute atomic E-state index is 10.8. The van der Waals surface area contributed by atoms with E-state index in [-0.39, 0.29) is 5.60 Å². The van der Waals surface area contributed by atoms with Crippen molar-refractivity contribution in [3.63, 3.8) is 0 Å². The largest absolute Gasteiger partial charge is 0.390 e. The Kier molecular flexibility index (Phi) is 3.39. The van der Waals surface area contributed by atoms with E-state index in [4.69, 9.17) is 0 Å². The molecule has 0 aromatic carbocycles. The molecule has 0 spiro atoms. The summed E-state index contributed by atoms with van der Waals surface area (Å²) in [5, 5.41) is 10.8. The fourth-order valence-corrected chi connectivity index (χ4v) is 3.71. The van der Waals surface area contributed by atoms with E-state index in [1.807, 2.05) is 0 Å². The van der Waals surface area contributed by atoms with E-state index < -0.39 is 0 Å². The van der Waals surface area contributed by atoms with Crippen LogP contribution in [-0.2, 0) is 0 Å². The van der Waals surface area contributed by atoms with Gasteiger partial charge < -0.3 is 5.11 Å². The lowest BCUT2D eigenvalue weighted by Crippen LogP contribution is -2.43. The smallest absolute Gasteiger partial charge is 0.0678 e. The lowest BCUT2D eigenvalue weighted by molar-refractivity contribution is -0.0732. The van der Waals surface area contributed by atoms with E-state index in [2.05, 4.69) is 13.8 Å². The summed E-state index contributed by atoms with van der Waals surface area (Å²) in [6.07, 6.45) is 10.2. The zero-order chi connectivity index (χ0) is 10.9.